The zero-order chi connectivity index (χ0) is 11.6. The fourth-order valence-electron chi connectivity index (χ4n) is 2.62. The van der Waals surface area contributed by atoms with E-state index in [1.165, 1.54) is 57.8 Å². The second kappa shape index (κ2) is 9.04. The Labute approximate surface area is 102 Å². The Kier molecular flexibility index (Phi) is 7.92. The molecule has 0 saturated heterocycles. The molecule has 1 atom stereocenters. The van der Waals surface area contributed by atoms with Crippen LogP contribution in [0.3, 0.4) is 0 Å². The van der Waals surface area contributed by atoms with E-state index < -0.39 is 0 Å². The van der Waals surface area contributed by atoms with Crippen molar-refractivity contribution in [2.45, 2.75) is 71.6 Å². The molecule has 1 heteroatoms. The van der Waals surface area contributed by atoms with Gasteiger partial charge < -0.3 is 4.74 Å². The zero-order valence-corrected chi connectivity index (χ0v) is 11.3. The topological polar surface area (TPSA) is 9.23 Å². The monoisotopic (exact) mass is 226 g/mol. The summed E-state index contributed by atoms with van der Waals surface area (Å²) < 4.78 is 5.87. The standard InChI is InChI=1S/C15H30O/c1-3-4-6-9-14(2)12-16-13-15-10-7-5-8-11-15/h14-15H,3-13H2,1-2H3. The van der Waals surface area contributed by atoms with Crippen LogP contribution in [-0.2, 0) is 4.74 Å². The molecule has 1 aliphatic rings. The van der Waals surface area contributed by atoms with Gasteiger partial charge in [-0.15, -0.1) is 0 Å². The van der Waals surface area contributed by atoms with Crippen LogP contribution in [0.25, 0.3) is 0 Å². The molecule has 1 unspecified atom stereocenters. The third-order valence-electron chi connectivity index (χ3n) is 3.78. The summed E-state index contributed by atoms with van der Waals surface area (Å²) in [4.78, 5) is 0. The van der Waals surface area contributed by atoms with Gasteiger partial charge >= 0.3 is 0 Å². The predicted octanol–water partition coefficient (Wildman–Crippen LogP) is 4.80. The molecule has 1 saturated carbocycles. The van der Waals surface area contributed by atoms with Gasteiger partial charge in [0.15, 0.2) is 0 Å². The third kappa shape index (κ3) is 6.52. The minimum Gasteiger partial charge on any atom is -0.381 e. The molecule has 1 nitrogen and oxygen atoms in total. The Bertz CT molecular complexity index is 150. The minimum absolute atomic E-state index is 0.759. The van der Waals surface area contributed by atoms with Crippen LogP contribution in [0.2, 0.25) is 0 Å². The SMILES string of the molecule is CCCCCC(C)COCC1CCCCC1. The lowest BCUT2D eigenvalue weighted by molar-refractivity contribution is 0.0617. The fraction of sp³-hybridized carbons (Fsp3) is 1.00. The third-order valence-corrected chi connectivity index (χ3v) is 3.78. The van der Waals surface area contributed by atoms with Gasteiger partial charge in [-0.25, -0.2) is 0 Å². The molecule has 0 spiro atoms. The molecular weight excluding hydrogens is 196 g/mol. The average molecular weight is 226 g/mol. The van der Waals surface area contributed by atoms with E-state index in [4.69, 9.17) is 4.74 Å². The van der Waals surface area contributed by atoms with Crippen molar-refractivity contribution < 1.29 is 4.74 Å². The van der Waals surface area contributed by atoms with Crippen molar-refractivity contribution in [2.75, 3.05) is 13.2 Å². The van der Waals surface area contributed by atoms with Gasteiger partial charge in [-0.1, -0.05) is 52.4 Å². The zero-order valence-electron chi connectivity index (χ0n) is 11.3. The van der Waals surface area contributed by atoms with Crippen molar-refractivity contribution in [1.82, 2.24) is 0 Å². The Balaban J connectivity index is 1.92. The normalized spacial score (nSPS) is 19.9. The van der Waals surface area contributed by atoms with Gasteiger partial charge in [0, 0.05) is 13.2 Å². The van der Waals surface area contributed by atoms with Crippen LogP contribution in [0.4, 0.5) is 0 Å². The Hall–Kier alpha value is -0.0400. The van der Waals surface area contributed by atoms with E-state index >= 15 is 0 Å². The molecular formula is C15H30O. The van der Waals surface area contributed by atoms with Crippen molar-refractivity contribution in [1.29, 1.82) is 0 Å². The highest BCUT2D eigenvalue weighted by atomic mass is 16.5. The van der Waals surface area contributed by atoms with E-state index in [1.54, 1.807) is 0 Å². The first kappa shape index (κ1) is 14.0. The number of rotatable bonds is 8. The lowest BCUT2D eigenvalue weighted by Crippen LogP contribution is -2.16. The summed E-state index contributed by atoms with van der Waals surface area (Å²) in [5, 5.41) is 0. The van der Waals surface area contributed by atoms with E-state index in [9.17, 15) is 0 Å². The summed E-state index contributed by atoms with van der Waals surface area (Å²) in [6.07, 6.45) is 12.6. The van der Waals surface area contributed by atoms with E-state index in [2.05, 4.69) is 13.8 Å². The van der Waals surface area contributed by atoms with Crippen LogP contribution in [-0.4, -0.2) is 13.2 Å². The lowest BCUT2D eigenvalue weighted by Gasteiger charge is -2.22. The minimum atomic E-state index is 0.759. The molecule has 1 fully saturated rings. The van der Waals surface area contributed by atoms with Crippen LogP contribution in [0.5, 0.6) is 0 Å². The molecule has 16 heavy (non-hydrogen) atoms. The second-order valence-corrected chi connectivity index (χ2v) is 5.64. The number of hydrogen-bond donors (Lipinski definition) is 0. The predicted molar refractivity (Wildman–Crippen MR) is 70.7 cm³/mol. The van der Waals surface area contributed by atoms with Crippen LogP contribution in [0, 0.1) is 11.8 Å². The van der Waals surface area contributed by atoms with Crippen LogP contribution in [0.1, 0.15) is 71.6 Å². The quantitative estimate of drug-likeness (QED) is 0.540. The van der Waals surface area contributed by atoms with Crippen molar-refractivity contribution in [3.63, 3.8) is 0 Å². The van der Waals surface area contributed by atoms with Gasteiger partial charge in [-0.05, 0) is 31.1 Å². The molecule has 1 aliphatic carbocycles. The largest absolute Gasteiger partial charge is 0.381 e. The molecule has 0 radical (unpaired) electrons. The smallest absolute Gasteiger partial charge is 0.0494 e. The highest BCUT2D eigenvalue weighted by Gasteiger charge is 2.13. The number of unbranched alkanes of at least 4 members (excludes halogenated alkanes) is 2. The van der Waals surface area contributed by atoms with Crippen LogP contribution >= 0.6 is 0 Å². The summed E-state index contributed by atoms with van der Waals surface area (Å²) in [7, 11) is 0. The first-order chi connectivity index (χ1) is 7.83. The Morgan fingerprint density at radius 2 is 1.88 bits per heavy atom. The molecule has 0 bridgehead atoms. The molecule has 96 valence electrons. The summed E-state index contributed by atoms with van der Waals surface area (Å²) in [5.74, 6) is 1.63. The molecule has 0 N–H and O–H groups in total. The second-order valence-electron chi connectivity index (χ2n) is 5.64. The molecule has 0 aromatic carbocycles. The summed E-state index contributed by atoms with van der Waals surface area (Å²) >= 11 is 0. The highest BCUT2D eigenvalue weighted by Crippen LogP contribution is 2.24. The molecule has 0 heterocycles. The van der Waals surface area contributed by atoms with Gasteiger partial charge in [0.2, 0.25) is 0 Å². The molecule has 0 amide bonds. The van der Waals surface area contributed by atoms with Crippen molar-refractivity contribution in [2.24, 2.45) is 11.8 Å². The molecule has 0 aromatic heterocycles. The molecule has 0 aliphatic heterocycles. The van der Waals surface area contributed by atoms with E-state index in [0.29, 0.717) is 0 Å². The summed E-state index contributed by atoms with van der Waals surface area (Å²) in [6.45, 7) is 6.61. The maximum atomic E-state index is 5.87. The van der Waals surface area contributed by atoms with Crippen molar-refractivity contribution >= 4 is 0 Å². The maximum absolute atomic E-state index is 5.87. The summed E-state index contributed by atoms with van der Waals surface area (Å²) in [6, 6.07) is 0. The fourth-order valence-corrected chi connectivity index (χ4v) is 2.62. The first-order valence-electron chi connectivity index (χ1n) is 7.40. The van der Waals surface area contributed by atoms with Gasteiger partial charge in [0.1, 0.15) is 0 Å². The van der Waals surface area contributed by atoms with Gasteiger partial charge in [0.05, 0.1) is 0 Å². The van der Waals surface area contributed by atoms with E-state index in [-0.39, 0.29) is 0 Å². The van der Waals surface area contributed by atoms with Gasteiger partial charge in [-0.3, -0.25) is 0 Å². The summed E-state index contributed by atoms with van der Waals surface area (Å²) in [5.41, 5.74) is 0. The van der Waals surface area contributed by atoms with E-state index in [1.807, 2.05) is 0 Å². The Morgan fingerprint density at radius 1 is 1.12 bits per heavy atom. The van der Waals surface area contributed by atoms with Crippen LogP contribution in [0.15, 0.2) is 0 Å². The highest BCUT2D eigenvalue weighted by molar-refractivity contribution is 4.65. The first-order valence-corrected chi connectivity index (χ1v) is 7.40. The van der Waals surface area contributed by atoms with Crippen molar-refractivity contribution in [3.05, 3.63) is 0 Å². The van der Waals surface area contributed by atoms with E-state index in [0.717, 1.165) is 25.0 Å². The maximum Gasteiger partial charge on any atom is 0.0494 e. The average Bonchev–Trinajstić information content (AvgIpc) is 2.31. The Morgan fingerprint density at radius 3 is 2.56 bits per heavy atom. The lowest BCUT2D eigenvalue weighted by atomic mass is 9.90. The number of ether oxygens (including phenoxy) is 1. The number of hydrogen-bond acceptors (Lipinski definition) is 1. The van der Waals surface area contributed by atoms with Gasteiger partial charge in [-0.2, -0.15) is 0 Å². The van der Waals surface area contributed by atoms with Crippen LogP contribution < -0.4 is 0 Å². The van der Waals surface area contributed by atoms with Gasteiger partial charge in [0.25, 0.3) is 0 Å². The molecule has 1 rings (SSSR count). The van der Waals surface area contributed by atoms with Crippen molar-refractivity contribution in [3.8, 4) is 0 Å². The molecule has 0 aromatic rings.